The maximum atomic E-state index is 13.6. The third-order valence-corrected chi connectivity index (χ3v) is 2.50. The Morgan fingerprint density at radius 1 is 1.56 bits per heavy atom. The molecule has 1 aliphatic rings. The van der Waals surface area contributed by atoms with Gasteiger partial charge in [0.05, 0.1) is 0 Å². The molecule has 0 spiro atoms. The molecule has 0 aromatic heterocycles. The highest BCUT2D eigenvalue weighted by Crippen LogP contribution is 2.32. The summed E-state index contributed by atoms with van der Waals surface area (Å²) < 4.78 is 31.8. The number of ether oxygens (including phenoxy) is 1. The molecule has 0 heterocycles. The van der Waals surface area contributed by atoms with Crippen LogP contribution in [-0.2, 0) is 4.74 Å². The minimum atomic E-state index is -2.19. The number of unbranched alkanes of at least 4 members (excludes halogenated alkanes) is 1. The number of hydrogen-bond acceptors (Lipinski definition) is 3. The van der Waals surface area contributed by atoms with Crippen molar-refractivity contribution >= 4 is 7.12 Å². The molecule has 2 N–H and O–H groups in total. The largest absolute Gasteiger partial charge is 0.493 e. The van der Waals surface area contributed by atoms with Crippen LogP contribution in [0.3, 0.4) is 0 Å². The summed E-state index contributed by atoms with van der Waals surface area (Å²) in [6.45, 7) is 2.06. The molecule has 3 nitrogen and oxygen atoms in total. The quantitative estimate of drug-likeness (QED) is 0.555. The Morgan fingerprint density at radius 2 is 2.25 bits per heavy atom. The third-order valence-electron chi connectivity index (χ3n) is 2.50. The van der Waals surface area contributed by atoms with Gasteiger partial charge in [0.1, 0.15) is 5.83 Å². The highest BCUT2D eigenvalue weighted by atomic mass is 19.2. The van der Waals surface area contributed by atoms with Crippen molar-refractivity contribution in [3.63, 3.8) is 0 Å². The van der Waals surface area contributed by atoms with Crippen LogP contribution in [0.5, 0.6) is 0 Å². The second kappa shape index (κ2) is 5.56. The van der Waals surface area contributed by atoms with Gasteiger partial charge in [0.15, 0.2) is 11.7 Å². The molecule has 2 unspecified atom stereocenters. The Balaban J connectivity index is 2.81. The van der Waals surface area contributed by atoms with Crippen LogP contribution in [0.15, 0.2) is 24.1 Å². The van der Waals surface area contributed by atoms with Crippen LogP contribution in [0.4, 0.5) is 8.78 Å². The lowest BCUT2D eigenvalue weighted by atomic mass is 9.63. The lowest BCUT2D eigenvalue weighted by Crippen LogP contribution is -2.55. The molecule has 0 fully saturated rings. The molecule has 0 amide bonds. The smallest absolute Gasteiger partial charge is 0.425 e. The summed E-state index contributed by atoms with van der Waals surface area (Å²) in [7, 11) is -2.10. The van der Waals surface area contributed by atoms with Gasteiger partial charge in [-0.3, -0.25) is 0 Å². The van der Waals surface area contributed by atoms with E-state index in [4.69, 9.17) is 14.8 Å². The van der Waals surface area contributed by atoms with Crippen molar-refractivity contribution in [1.82, 2.24) is 0 Å². The van der Waals surface area contributed by atoms with Gasteiger partial charge in [-0.25, -0.2) is 8.78 Å². The monoisotopic (exact) mass is 232 g/mol. The summed E-state index contributed by atoms with van der Waals surface area (Å²) >= 11 is 0. The highest BCUT2D eigenvalue weighted by molar-refractivity contribution is 6.46. The predicted molar refractivity (Wildman–Crippen MR) is 57.0 cm³/mol. The van der Waals surface area contributed by atoms with Gasteiger partial charge in [0.2, 0.25) is 0 Å². The lowest BCUT2D eigenvalue weighted by Gasteiger charge is -2.33. The maximum absolute atomic E-state index is 13.6. The normalized spacial score (nSPS) is 29.1. The predicted octanol–water partition coefficient (Wildman–Crippen LogP) is 1.32. The van der Waals surface area contributed by atoms with Crippen molar-refractivity contribution in [3.05, 3.63) is 24.1 Å². The fraction of sp³-hybridized carbons (Fsp3) is 0.600. The molecule has 0 aromatic carbocycles. The zero-order valence-electron chi connectivity index (χ0n) is 9.07. The minimum Gasteiger partial charge on any atom is -0.425 e. The van der Waals surface area contributed by atoms with Crippen molar-refractivity contribution in [2.45, 2.75) is 31.4 Å². The van der Waals surface area contributed by atoms with E-state index in [1.54, 1.807) is 0 Å². The molecule has 2 atom stereocenters. The van der Waals surface area contributed by atoms with E-state index in [1.807, 2.05) is 6.92 Å². The van der Waals surface area contributed by atoms with Gasteiger partial charge in [0.25, 0.3) is 0 Å². The van der Waals surface area contributed by atoms with Crippen molar-refractivity contribution in [2.75, 3.05) is 6.61 Å². The Labute approximate surface area is 93.6 Å². The summed E-state index contributed by atoms with van der Waals surface area (Å²) in [4.78, 5) is 0. The van der Waals surface area contributed by atoms with E-state index in [0.29, 0.717) is 6.42 Å². The zero-order chi connectivity index (χ0) is 12.2. The molecule has 90 valence electrons. The molecule has 0 saturated carbocycles. The number of halogens is 2. The van der Waals surface area contributed by atoms with Gasteiger partial charge in [-0.2, -0.15) is 0 Å². The van der Waals surface area contributed by atoms with Gasteiger partial charge < -0.3 is 14.8 Å². The molecular weight excluding hydrogens is 217 g/mol. The number of alkyl halides is 1. The van der Waals surface area contributed by atoms with Crippen molar-refractivity contribution in [3.8, 4) is 0 Å². The summed E-state index contributed by atoms with van der Waals surface area (Å²) in [6, 6.07) is 0. The second-order valence-electron chi connectivity index (χ2n) is 3.70. The van der Waals surface area contributed by atoms with E-state index in [0.717, 1.165) is 18.6 Å². The lowest BCUT2D eigenvalue weighted by molar-refractivity contribution is -0.0244. The molecule has 0 bridgehead atoms. The fourth-order valence-corrected chi connectivity index (χ4v) is 1.48. The average Bonchev–Trinajstić information content (AvgIpc) is 2.24. The highest BCUT2D eigenvalue weighted by Gasteiger charge is 2.52. The molecule has 6 heteroatoms. The molecule has 0 aliphatic heterocycles. The van der Waals surface area contributed by atoms with E-state index < -0.39 is 24.6 Å². The van der Waals surface area contributed by atoms with Crippen molar-refractivity contribution in [2.24, 2.45) is 0 Å². The Morgan fingerprint density at radius 3 is 2.81 bits per heavy atom. The molecule has 1 rings (SSSR count). The fourth-order valence-electron chi connectivity index (χ4n) is 1.48. The van der Waals surface area contributed by atoms with Crippen LogP contribution in [0.2, 0.25) is 0 Å². The maximum Gasteiger partial charge on any atom is 0.493 e. The SMILES string of the molecule is CCCCOC1(B(O)O)C=CC=C(F)C1F. The van der Waals surface area contributed by atoms with Crippen LogP contribution in [0.1, 0.15) is 19.8 Å². The molecule has 1 aliphatic carbocycles. The van der Waals surface area contributed by atoms with E-state index in [-0.39, 0.29) is 6.61 Å². The van der Waals surface area contributed by atoms with E-state index >= 15 is 0 Å². The summed E-state index contributed by atoms with van der Waals surface area (Å²) in [5.74, 6) is -1.06. The third kappa shape index (κ3) is 2.51. The zero-order valence-corrected chi connectivity index (χ0v) is 9.07. The van der Waals surface area contributed by atoms with Gasteiger partial charge in [-0.1, -0.05) is 25.5 Å². The molecule has 0 radical (unpaired) electrons. The first-order valence-electron chi connectivity index (χ1n) is 5.23. The van der Waals surface area contributed by atoms with E-state index in [1.165, 1.54) is 6.08 Å². The Hall–Kier alpha value is -0.715. The van der Waals surface area contributed by atoms with Crippen LogP contribution in [0.25, 0.3) is 0 Å². The number of rotatable bonds is 5. The van der Waals surface area contributed by atoms with E-state index in [2.05, 4.69) is 0 Å². The Bertz CT molecular complexity index is 294. The second-order valence-corrected chi connectivity index (χ2v) is 3.70. The molecular formula is C10H15BF2O3. The van der Waals surface area contributed by atoms with Gasteiger partial charge in [0, 0.05) is 6.61 Å². The summed E-state index contributed by atoms with van der Waals surface area (Å²) in [5.41, 5.74) is -2.02. The average molecular weight is 232 g/mol. The number of allylic oxidation sites excluding steroid dienone is 2. The molecule has 0 aromatic rings. The van der Waals surface area contributed by atoms with Crippen molar-refractivity contribution in [1.29, 1.82) is 0 Å². The van der Waals surface area contributed by atoms with Crippen LogP contribution >= 0.6 is 0 Å². The Kier molecular flexibility index (Phi) is 4.64. The standard InChI is InChI=1S/C10H15BF2O3/c1-2-3-7-16-10(11(14)15)6-4-5-8(12)9(10)13/h4-6,9,14-15H,2-3,7H2,1H3. The van der Waals surface area contributed by atoms with E-state index in [9.17, 15) is 8.78 Å². The van der Waals surface area contributed by atoms with Crippen LogP contribution < -0.4 is 0 Å². The van der Waals surface area contributed by atoms with Gasteiger partial charge >= 0.3 is 7.12 Å². The summed E-state index contributed by atoms with van der Waals surface area (Å²) in [6.07, 6.45) is 2.57. The first kappa shape index (κ1) is 13.4. The van der Waals surface area contributed by atoms with Gasteiger partial charge in [-0.15, -0.1) is 0 Å². The topological polar surface area (TPSA) is 49.7 Å². The number of hydrogen-bond donors (Lipinski definition) is 2. The molecule has 16 heavy (non-hydrogen) atoms. The molecule has 0 saturated heterocycles. The van der Waals surface area contributed by atoms with Gasteiger partial charge in [-0.05, 0) is 12.5 Å². The first-order chi connectivity index (χ1) is 7.54. The first-order valence-corrected chi connectivity index (χ1v) is 5.23. The van der Waals surface area contributed by atoms with Crippen LogP contribution in [-0.4, -0.2) is 35.4 Å². The minimum absolute atomic E-state index is 0.145. The van der Waals surface area contributed by atoms with Crippen molar-refractivity contribution < 1.29 is 23.6 Å². The van der Waals surface area contributed by atoms with Crippen LogP contribution in [0, 0.1) is 0 Å². The summed E-state index contributed by atoms with van der Waals surface area (Å²) in [5, 5.41) is 18.3.